The van der Waals surface area contributed by atoms with Crippen LogP contribution >= 0.6 is 0 Å². The van der Waals surface area contributed by atoms with E-state index in [1.807, 2.05) is 0 Å². The molecule has 0 saturated carbocycles. The lowest BCUT2D eigenvalue weighted by molar-refractivity contribution is 0.523. The number of hydrogen-bond donors (Lipinski definition) is 4. The third-order valence-corrected chi connectivity index (χ3v) is 0.899. The summed E-state index contributed by atoms with van der Waals surface area (Å²) in [6.45, 7) is 0. The number of nitrogens with one attached hydrogen (secondary N) is 2. The second kappa shape index (κ2) is 4.06. The summed E-state index contributed by atoms with van der Waals surface area (Å²) in [5, 5.41) is 0. The van der Waals surface area contributed by atoms with Crippen LogP contribution in [0, 0.1) is 0 Å². The average molecular weight is 160 g/mol. The highest BCUT2D eigenvalue weighted by Crippen LogP contribution is 1.58. The van der Waals surface area contributed by atoms with Gasteiger partial charge in [0.1, 0.15) is 0 Å². The molecule has 50 valence electrons. The van der Waals surface area contributed by atoms with Gasteiger partial charge in [-0.05, 0) is 0 Å². The van der Waals surface area contributed by atoms with Crippen LogP contribution in [0.25, 0.3) is 0 Å². The van der Waals surface area contributed by atoms with Gasteiger partial charge in [0.2, 0.25) is 22.5 Å². The normalized spacial score (nSPS) is 17.8. The molecule has 0 aliphatic heterocycles. The molecule has 8 heavy (non-hydrogen) atoms. The zero-order valence-corrected chi connectivity index (χ0v) is 5.16. The first-order valence-corrected chi connectivity index (χ1v) is 3.57. The van der Waals surface area contributed by atoms with Crippen molar-refractivity contribution in [3.8, 4) is 0 Å². The van der Waals surface area contributed by atoms with Crippen LogP contribution in [-0.2, 0) is 22.5 Å². The molecular formula is H4N2O4S2. The molecular weight excluding hydrogens is 156 g/mol. The molecule has 0 aliphatic rings. The first-order valence-electron chi connectivity index (χ1n) is 1.36. The Morgan fingerprint density at radius 1 is 1.00 bits per heavy atom. The summed E-state index contributed by atoms with van der Waals surface area (Å²) in [6.07, 6.45) is 0. The fourth-order valence-electron chi connectivity index (χ4n) is 0.0713. The van der Waals surface area contributed by atoms with E-state index in [1.54, 1.807) is 9.66 Å². The van der Waals surface area contributed by atoms with Crippen LogP contribution < -0.4 is 9.66 Å². The average Bonchev–Trinajstić information content (AvgIpc) is 1.61. The molecule has 0 saturated heterocycles. The summed E-state index contributed by atoms with van der Waals surface area (Å²) in [6, 6.07) is 0. The maximum absolute atomic E-state index is 9.60. The Hall–Kier alpha value is 0.140. The van der Waals surface area contributed by atoms with Crippen molar-refractivity contribution in [1.29, 1.82) is 0 Å². The highest BCUT2D eigenvalue weighted by atomic mass is 32.2. The van der Waals surface area contributed by atoms with Crippen LogP contribution in [0.3, 0.4) is 0 Å². The summed E-state index contributed by atoms with van der Waals surface area (Å²) >= 11 is -4.60. The Labute approximate surface area is 50.5 Å². The molecule has 0 aromatic carbocycles. The van der Waals surface area contributed by atoms with Gasteiger partial charge in [-0.15, -0.1) is 9.66 Å². The molecule has 0 radical (unpaired) electrons. The molecule has 0 amide bonds. The highest BCUT2D eigenvalue weighted by molar-refractivity contribution is 7.80. The third kappa shape index (κ3) is 6.14. The van der Waals surface area contributed by atoms with E-state index in [0.717, 1.165) is 0 Å². The molecule has 2 unspecified atom stereocenters. The minimum Gasteiger partial charge on any atom is -0.293 e. The molecule has 0 spiro atoms. The lowest BCUT2D eigenvalue weighted by Crippen LogP contribution is -2.34. The molecule has 0 bridgehead atoms. The summed E-state index contributed by atoms with van der Waals surface area (Å²) in [4.78, 5) is 3.15. The van der Waals surface area contributed by atoms with E-state index in [-0.39, 0.29) is 0 Å². The van der Waals surface area contributed by atoms with Gasteiger partial charge in [0.05, 0.1) is 0 Å². The van der Waals surface area contributed by atoms with Crippen LogP contribution in [0.15, 0.2) is 0 Å². The first kappa shape index (κ1) is 8.14. The van der Waals surface area contributed by atoms with Crippen molar-refractivity contribution < 1.29 is 17.5 Å². The van der Waals surface area contributed by atoms with Crippen LogP contribution in [-0.4, -0.2) is 17.5 Å². The first-order chi connectivity index (χ1) is 3.63. The summed E-state index contributed by atoms with van der Waals surface area (Å²) in [5.74, 6) is 0. The van der Waals surface area contributed by atoms with E-state index in [2.05, 4.69) is 0 Å². The van der Waals surface area contributed by atoms with Gasteiger partial charge in [-0.3, -0.25) is 9.11 Å². The SMILES string of the molecule is O=S(O)NNS(=O)O. The summed E-state index contributed by atoms with van der Waals surface area (Å²) in [7, 11) is 0. The predicted octanol–water partition coefficient (Wildman–Crippen LogP) is -1.65. The molecule has 4 N–H and O–H groups in total. The minimum atomic E-state index is -2.30. The van der Waals surface area contributed by atoms with E-state index in [0.29, 0.717) is 0 Å². The van der Waals surface area contributed by atoms with Gasteiger partial charge in [-0.25, -0.2) is 8.42 Å². The highest BCUT2D eigenvalue weighted by Gasteiger charge is 1.91. The fraction of sp³-hybridized carbons (Fsp3) is 0. The van der Waals surface area contributed by atoms with Crippen LogP contribution in [0.2, 0.25) is 0 Å². The van der Waals surface area contributed by atoms with E-state index in [9.17, 15) is 8.42 Å². The van der Waals surface area contributed by atoms with Gasteiger partial charge in [0, 0.05) is 0 Å². The largest absolute Gasteiger partial charge is 0.293 e. The lowest BCUT2D eigenvalue weighted by Gasteiger charge is -1.92. The topological polar surface area (TPSA) is 98.7 Å². The molecule has 8 heteroatoms. The van der Waals surface area contributed by atoms with Crippen molar-refractivity contribution in [3.63, 3.8) is 0 Å². The Balaban J connectivity index is 3.18. The molecule has 2 atom stereocenters. The van der Waals surface area contributed by atoms with Crippen LogP contribution in [0.1, 0.15) is 0 Å². The van der Waals surface area contributed by atoms with Crippen molar-refractivity contribution in [2.75, 3.05) is 0 Å². The fourth-order valence-corrected chi connectivity index (χ4v) is 0.642. The molecule has 6 nitrogen and oxygen atoms in total. The second-order valence-electron chi connectivity index (χ2n) is 0.702. The lowest BCUT2D eigenvalue weighted by atomic mass is 13.0. The van der Waals surface area contributed by atoms with E-state index in [1.165, 1.54) is 0 Å². The smallest absolute Gasteiger partial charge is 0.246 e. The van der Waals surface area contributed by atoms with Gasteiger partial charge < -0.3 is 0 Å². The zero-order valence-electron chi connectivity index (χ0n) is 3.53. The Kier molecular flexibility index (Phi) is 4.13. The van der Waals surface area contributed by atoms with Gasteiger partial charge in [0.15, 0.2) is 0 Å². The maximum Gasteiger partial charge on any atom is 0.246 e. The number of rotatable bonds is 3. The number of hydrogen-bond acceptors (Lipinski definition) is 2. The molecule has 0 rings (SSSR count). The Morgan fingerprint density at radius 3 is 1.38 bits per heavy atom. The van der Waals surface area contributed by atoms with Crippen LogP contribution in [0.5, 0.6) is 0 Å². The van der Waals surface area contributed by atoms with Gasteiger partial charge in [0.25, 0.3) is 0 Å². The van der Waals surface area contributed by atoms with Crippen molar-refractivity contribution in [3.05, 3.63) is 0 Å². The molecule has 0 aliphatic carbocycles. The van der Waals surface area contributed by atoms with Crippen molar-refractivity contribution in [1.82, 2.24) is 9.66 Å². The Morgan fingerprint density at radius 2 is 1.25 bits per heavy atom. The summed E-state index contributed by atoms with van der Waals surface area (Å²) in [5.41, 5.74) is 0. The third-order valence-electron chi connectivity index (χ3n) is 0.216. The predicted molar refractivity (Wildman–Crippen MR) is 27.8 cm³/mol. The Bertz CT molecular complexity index is 96.6. The molecule has 0 heterocycles. The zero-order chi connectivity index (χ0) is 6.57. The van der Waals surface area contributed by atoms with Gasteiger partial charge >= 0.3 is 0 Å². The van der Waals surface area contributed by atoms with E-state index in [4.69, 9.17) is 9.11 Å². The quantitative estimate of drug-likeness (QED) is 0.294. The maximum atomic E-state index is 9.60. The number of hydrazine groups is 1. The summed E-state index contributed by atoms with van der Waals surface area (Å²) < 4.78 is 34.9. The standard InChI is InChI=1S/H4N2O4S2/c3-7(4)1-2-8(5)6/h1-2H,(H,3,4)(H,5,6). The van der Waals surface area contributed by atoms with Crippen molar-refractivity contribution in [2.24, 2.45) is 0 Å². The van der Waals surface area contributed by atoms with Crippen molar-refractivity contribution in [2.45, 2.75) is 0 Å². The van der Waals surface area contributed by atoms with Crippen LogP contribution in [0.4, 0.5) is 0 Å². The van der Waals surface area contributed by atoms with E-state index < -0.39 is 22.5 Å². The van der Waals surface area contributed by atoms with Gasteiger partial charge in [-0.1, -0.05) is 0 Å². The van der Waals surface area contributed by atoms with Gasteiger partial charge in [-0.2, -0.15) is 0 Å². The molecule has 0 fully saturated rings. The van der Waals surface area contributed by atoms with Crippen molar-refractivity contribution >= 4 is 22.5 Å². The minimum absolute atomic E-state index is 1.57. The molecule has 0 aromatic heterocycles. The second-order valence-corrected chi connectivity index (χ2v) is 2.11. The van der Waals surface area contributed by atoms with E-state index >= 15 is 0 Å². The monoisotopic (exact) mass is 160 g/mol. The molecule has 0 aromatic rings.